The van der Waals surface area contributed by atoms with Gasteiger partial charge in [0.05, 0.1) is 0 Å². The first-order valence-corrected chi connectivity index (χ1v) is 9.00. The summed E-state index contributed by atoms with van der Waals surface area (Å²) in [7, 11) is 0. The van der Waals surface area contributed by atoms with Gasteiger partial charge in [0.2, 0.25) is 0 Å². The standard InChI is InChI=1S/C24H26/c1-2-19-24(22-14-8-4-9-15-22,23-16-10-5-11-17-23)20-18-21-12-6-3-7-13-21/h3-17H,2,18-20H2,1H3. The lowest BCUT2D eigenvalue weighted by atomic mass is 9.68. The minimum Gasteiger partial charge on any atom is -0.0653 e. The van der Waals surface area contributed by atoms with Crippen molar-refractivity contribution in [1.82, 2.24) is 0 Å². The molecule has 0 aromatic heterocycles. The van der Waals surface area contributed by atoms with Crippen molar-refractivity contribution < 1.29 is 0 Å². The van der Waals surface area contributed by atoms with Crippen molar-refractivity contribution in [3.63, 3.8) is 0 Å². The predicted octanol–water partition coefficient (Wildman–Crippen LogP) is 6.41. The molecule has 0 nitrogen and oxygen atoms in total. The fourth-order valence-electron chi connectivity index (χ4n) is 3.81. The van der Waals surface area contributed by atoms with Gasteiger partial charge in [-0.05, 0) is 36.0 Å². The zero-order chi connectivity index (χ0) is 16.7. The number of benzene rings is 3. The van der Waals surface area contributed by atoms with E-state index in [0.29, 0.717) is 0 Å². The van der Waals surface area contributed by atoms with Gasteiger partial charge in [0.25, 0.3) is 0 Å². The number of hydrogen-bond donors (Lipinski definition) is 0. The highest BCUT2D eigenvalue weighted by molar-refractivity contribution is 5.39. The first kappa shape index (κ1) is 16.5. The lowest BCUT2D eigenvalue weighted by Gasteiger charge is -2.35. The fourth-order valence-corrected chi connectivity index (χ4v) is 3.81. The van der Waals surface area contributed by atoms with E-state index >= 15 is 0 Å². The van der Waals surface area contributed by atoms with Crippen molar-refractivity contribution in [2.24, 2.45) is 0 Å². The van der Waals surface area contributed by atoms with Crippen LogP contribution in [0.5, 0.6) is 0 Å². The average molecular weight is 314 g/mol. The summed E-state index contributed by atoms with van der Waals surface area (Å²) in [5.41, 5.74) is 4.39. The van der Waals surface area contributed by atoms with Gasteiger partial charge in [-0.25, -0.2) is 0 Å². The zero-order valence-electron chi connectivity index (χ0n) is 14.5. The molecular weight excluding hydrogens is 288 g/mol. The fraction of sp³-hybridized carbons (Fsp3) is 0.250. The van der Waals surface area contributed by atoms with E-state index in [-0.39, 0.29) is 5.41 Å². The Bertz CT molecular complexity index is 674. The van der Waals surface area contributed by atoms with Gasteiger partial charge < -0.3 is 0 Å². The van der Waals surface area contributed by atoms with Crippen molar-refractivity contribution in [2.45, 2.75) is 38.0 Å². The quantitative estimate of drug-likeness (QED) is 0.473. The Morgan fingerprint density at radius 3 is 1.50 bits per heavy atom. The third-order valence-electron chi connectivity index (χ3n) is 5.01. The molecule has 0 unspecified atom stereocenters. The van der Waals surface area contributed by atoms with Crippen LogP contribution < -0.4 is 0 Å². The van der Waals surface area contributed by atoms with Gasteiger partial charge in [0.1, 0.15) is 0 Å². The second-order valence-corrected chi connectivity index (χ2v) is 6.55. The van der Waals surface area contributed by atoms with Crippen LogP contribution in [0, 0.1) is 0 Å². The Labute approximate surface area is 146 Å². The summed E-state index contributed by atoms with van der Waals surface area (Å²) < 4.78 is 0. The van der Waals surface area contributed by atoms with Gasteiger partial charge in [0, 0.05) is 5.41 Å². The molecule has 0 radical (unpaired) electrons. The molecule has 0 aliphatic carbocycles. The number of hydrogen-bond acceptors (Lipinski definition) is 0. The van der Waals surface area contributed by atoms with Crippen LogP contribution in [0.1, 0.15) is 42.9 Å². The average Bonchev–Trinajstić information content (AvgIpc) is 2.67. The van der Waals surface area contributed by atoms with Crippen LogP contribution in [0.15, 0.2) is 91.0 Å². The molecule has 0 saturated carbocycles. The molecule has 0 heterocycles. The minimum atomic E-state index is 0.0904. The summed E-state index contributed by atoms with van der Waals surface area (Å²) in [5.74, 6) is 0. The Morgan fingerprint density at radius 1 is 0.583 bits per heavy atom. The van der Waals surface area contributed by atoms with Crippen LogP contribution in [-0.4, -0.2) is 0 Å². The molecule has 0 aliphatic heterocycles. The van der Waals surface area contributed by atoms with E-state index in [1.165, 1.54) is 29.5 Å². The van der Waals surface area contributed by atoms with Gasteiger partial charge in [-0.15, -0.1) is 0 Å². The first-order valence-electron chi connectivity index (χ1n) is 9.00. The van der Waals surface area contributed by atoms with Gasteiger partial charge in [-0.3, -0.25) is 0 Å². The molecule has 0 amide bonds. The monoisotopic (exact) mass is 314 g/mol. The summed E-state index contributed by atoms with van der Waals surface area (Å²) in [5, 5.41) is 0. The number of rotatable bonds is 7. The van der Waals surface area contributed by atoms with E-state index in [1.54, 1.807) is 0 Å². The third kappa shape index (κ3) is 3.59. The highest BCUT2D eigenvalue weighted by Gasteiger charge is 2.32. The molecule has 0 spiro atoms. The van der Waals surface area contributed by atoms with Crippen molar-refractivity contribution in [2.75, 3.05) is 0 Å². The molecule has 0 heteroatoms. The highest BCUT2D eigenvalue weighted by Crippen LogP contribution is 2.40. The molecule has 0 fully saturated rings. The Kier molecular flexibility index (Phi) is 5.48. The van der Waals surface area contributed by atoms with Crippen molar-refractivity contribution in [3.05, 3.63) is 108 Å². The van der Waals surface area contributed by atoms with E-state index in [9.17, 15) is 0 Å². The SMILES string of the molecule is CCCC(CCc1ccccc1)(c1ccccc1)c1ccccc1. The normalized spacial score (nSPS) is 11.4. The minimum absolute atomic E-state index is 0.0904. The molecule has 0 saturated heterocycles. The van der Waals surface area contributed by atoms with Crippen LogP contribution >= 0.6 is 0 Å². The van der Waals surface area contributed by atoms with Crippen molar-refractivity contribution >= 4 is 0 Å². The van der Waals surface area contributed by atoms with Gasteiger partial charge in [0.15, 0.2) is 0 Å². The van der Waals surface area contributed by atoms with E-state index in [4.69, 9.17) is 0 Å². The van der Waals surface area contributed by atoms with Crippen LogP contribution in [0.2, 0.25) is 0 Å². The van der Waals surface area contributed by atoms with E-state index in [0.717, 1.165) is 12.8 Å². The summed E-state index contributed by atoms with van der Waals surface area (Å²) in [4.78, 5) is 0. The summed E-state index contributed by atoms with van der Waals surface area (Å²) in [6, 6.07) is 33.0. The maximum atomic E-state index is 2.30. The van der Waals surface area contributed by atoms with Crippen LogP contribution in [0.4, 0.5) is 0 Å². The zero-order valence-corrected chi connectivity index (χ0v) is 14.5. The van der Waals surface area contributed by atoms with E-state index in [1.807, 2.05) is 0 Å². The molecule has 3 aromatic rings. The van der Waals surface area contributed by atoms with Crippen molar-refractivity contribution in [1.29, 1.82) is 0 Å². The largest absolute Gasteiger partial charge is 0.0653 e. The van der Waals surface area contributed by atoms with E-state index < -0.39 is 0 Å². The van der Waals surface area contributed by atoms with Crippen LogP contribution in [0.3, 0.4) is 0 Å². The molecule has 0 atom stereocenters. The first-order chi connectivity index (χ1) is 11.8. The van der Waals surface area contributed by atoms with E-state index in [2.05, 4.69) is 97.9 Å². The smallest absolute Gasteiger partial charge is 0.0206 e. The molecule has 3 rings (SSSR count). The maximum absolute atomic E-state index is 2.30. The van der Waals surface area contributed by atoms with Gasteiger partial charge >= 0.3 is 0 Å². The Balaban J connectivity index is 2.01. The molecule has 122 valence electrons. The molecule has 3 aromatic carbocycles. The lowest BCUT2D eigenvalue weighted by molar-refractivity contribution is 0.431. The van der Waals surface area contributed by atoms with Gasteiger partial charge in [-0.2, -0.15) is 0 Å². The number of aryl methyl sites for hydroxylation is 1. The topological polar surface area (TPSA) is 0 Å². The molecule has 24 heavy (non-hydrogen) atoms. The second kappa shape index (κ2) is 7.97. The van der Waals surface area contributed by atoms with Crippen molar-refractivity contribution in [3.8, 4) is 0 Å². The van der Waals surface area contributed by atoms with Crippen LogP contribution in [-0.2, 0) is 11.8 Å². The second-order valence-electron chi connectivity index (χ2n) is 6.55. The maximum Gasteiger partial charge on any atom is 0.0206 e. The molecular formula is C24H26. The van der Waals surface area contributed by atoms with Crippen LogP contribution in [0.25, 0.3) is 0 Å². The molecule has 0 N–H and O–H groups in total. The Hall–Kier alpha value is -2.34. The highest BCUT2D eigenvalue weighted by atomic mass is 14.4. The summed E-state index contributed by atoms with van der Waals surface area (Å²) >= 11 is 0. The summed E-state index contributed by atoms with van der Waals surface area (Å²) in [6.07, 6.45) is 4.59. The predicted molar refractivity (Wildman–Crippen MR) is 103 cm³/mol. The third-order valence-corrected chi connectivity index (χ3v) is 5.01. The summed E-state index contributed by atoms with van der Waals surface area (Å²) in [6.45, 7) is 2.29. The van der Waals surface area contributed by atoms with Gasteiger partial charge in [-0.1, -0.05) is 104 Å². The molecule has 0 aliphatic rings. The molecule has 0 bridgehead atoms. The lowest BCUT2D eigenvalue weighted by Crippen LogP contribution is -2.28. The Morgan fingerprint density at radius 2 is 1.04 bits per heavy atom.